The van der Waals surface area contributed by atoms with Gasteiger partial charge in [0, 0.05) is 13.1 Å². The van der Waals surface area contributed by atoms with Crippen LogP contribution in [0.2, 0.25) is 0 Å². The lowest BCUT2D eigenvalue weighted by atomic mass is 9.75. The van der Waals surface area contributed by atoms with Gasteiger partial charge in [0.05, 0.1) is 25.0 Å². The summed E-state index contributed by atoms with van der Waals surface area (Å²) in [6.45, 7) is 0.505. The van der Waals surface area contributed by atoms with Crippen LogP contribution in [-0.4, -0.2) is 50.2 Å². The molecule has 26 heavy (non-hydrogen) atoms. The summed E-state index contributed by atoms with van der Waals surface area (Å²) in [6.07, 6.45) is 0.757. The van der Waals surface area contributed by atoms with Crippen molar-refractivity contribution in [2.75, 3.05) is 27.3 Å². The molecular weight excluding hydrogens is 338 g/mol. The Bertz CT molecular complexity index is 673. The highest BCUT2D eigenvalue weighted by molar-refractivity contribution is 5.85. The summed E-state index contributed by atoms with van der Waals surface area (Å²) < 4.78 is 15.3. The summed E-state index contributed by atoms with van der Waals surface area (Å²) >= 11 is 0. The van der Waals surface area contributed by atoms with E-state index in [2.05, 4.69) is 0 Å². The summed E-state index contributed by atoms with van der Waals surface area (Å²) in [5, 5.41) is 0. The van der Waals surface area contributed by atoms with Gasteiger partial charge in [-0.15, -0.1) is 0 Å². The molecule has 0 spiro atoms. The van der Waals surface area contributed by atoms with E-state index in [1.807, 2.05) is 30.3 Å². The number of hydrogen-bond acceptors (Lipinski definition) is 6. The number of fused-ring (bicyclic) bond motifs is 2. The van der Waals surface area contributed by atoms with Crippen molar-refractivity contribution in [2.45, 2.75) is 25.9 Å². The van der Waals surface area contributed by atoms with Crippen LogP contribution >= 0.6 is 0 Å². The predicted molar refractivity (Wildman–Crippen MR) is 90.9 cm³/mol. The van der Waals surface area contributed by atoms with Crippen molar-refractivity contribution < 1.29 is 28.6 Å². The Balaban J connectivity index is 1.77. The Kier molecular flexibility index (Phi) is 4.89. The molecule has 1 aromatic rings. The molecular formula is C19H23NO6. The molecule has 0 N–H and O–H groups in total. The normalized spacial score (nSPS) is 26.9. The molecule has 3 rings (SSSR count). The predicted octanol–water partition coefficient (Wildman–Crippen LogP) is 2.14. The lowest BCUT2D eigenvalue weighted by molar-refractivity contribution is -0.162. The van der Waals surface area contributed by atoms with Crippen molar-refractivity contribution >= 4 is 18.0 Å². The molecule has 1 aromatic carbocycles. The monoisotopic (exact) mass is 361 g/mol. The molecule has 2 aliphatic rings. The van der Waals surface area contributed by atoms with Gasteiger partial charge in [0.25, 0.3) is 0 Å². The molecule has 1 heterocycles. The topological polar surface area (TPSA) is 82.1 Å². The molecule has 7 heteroatoms. The summed E-state index contributed by atoms with van der Waals surface area (Å²) in [4.78, 5) is 38.8. The lowest BCUT2D eigenvalue weighted by Gasteiger charge is -2.42. The minimum atomic E-state index is -0.882. The van der Waals surface area contributed by atoms with E-state index in [4.69, 9.17) is 14.2 Å². The van der Waals surface area contributed by atoms with E-state index in [0.717, 1.165) is 5.56 Å². The number of methoxy groups -OCH3 is 2. The van der Waals surface area contributed by atoms with Crippen LogP contribution in [0.5, 0.6) is 0 Å². The Morgan fingerprint density at radius 2 is 1.50 bits per heavy atom. The van der Waals surface area contributed by atoms with Crippen molar-refractivity contribution in [3.8, 4) is 0 Å². The number of carbonyl (C=O) groups excluding carboxylic acids is 3. The first-order valence-electron chi connectivity index (χ1n) is 8.57. The van der Waals surface area contributed by atoms with Crippen LogP contribution in [0.3, 0.4) is 0 Å². The Morgan fingerprint density at radius 3 is 2.00 bits per heavy atom. The average Bonchev–Trinajstić information content (AvgIpc) is 2.98. The summed E-state index contributed by atoms with van der Waals surface area (Å²) in [7, 11) is 2.64. The molecule has 7 nitrogen and oxygen atoms in total. The summed E-state index contributed by atoms with van der Waals surface area (Å²) in [6, 6.07) is 9.33. The highest BCUT2D eigenvalue weighted by Crippen LogP contribution is 2.55. The lowest BCUT2D eigenvalue weighted by Crippen LogP contribution is -2.55. The Morgan fingerprint density at radius 1 is 0.962 bits per heavy atom. The van der Waals surface area contributed by atoms with Crippen molar-refractivity contribution in [1.82, 2.24) is 4.90 Å². The maximum absolute atomic E-state index is 12.6. The van der Waals surface area contributed by atoms with E-state index in [1.165, 1.54) is 19.1 Å². The van der Waals surface area contributed by atoms with Crippen LogP contribution < -0.4 is 0 Å². The fourth-order valence-electron chi connectivity index (χ4n) is 4.21. The molecule has 2 fully saturated rings. The smallest absolute Gasteiger partial charge is 0.410 e. The van der Waals surface area contributed by atoms with Crippen molar-refractivity contribution in [1.29, 1.82) is 0 Å². The van der Waals surface area contributed by atoms with Crippen molar-refractivity contribution in [3.63, 3.8) is 0 Å². The third-order valence-electron chi connectivity index (χ3n) is 5.45. The standard InChI is InChI=1S/C19H23NO6/c1-24-15(21)18-8-9-19(11-18,16(22)25-2)13-20(12-18)17(23)26-10-14-6-4-3-5-7-14/h3-7H,8-13H2,1-2H3. The van der Waals surface area contributed by atoms with Gasteiger partial charge < -0.3 is 19.1 Å². The Labute approximate surface area is 152 Å². The van der Waals surface area contributed by atoms with Gasteiger partial charge in [-0.2, -0.15) is 0 Å². The minimum Gasteiger partial charge on any atom is -0.469 e. The van der Waals surface area contributed by atoms with Crippen LogP contribution in [0.4, 0.5) is 4.79 Å². The van der Waals surface area contributed by atoms with Gasteiger partial charge in [-0.1, -0.05) is 30.3 Å². The van der Waals surface area contributed by atoms with Crippen LogP contribution in [0.15, 0.2) is 30.3 Å². The zero-order valence-corrected chi connectivity index (χ0v) is 15.0. The van der Waals surface area contributed by atoms with E-state index in [0.29, 0.717) is 19.3 Å². The van der Waals surface area contributed by atoms with E-state index < -0.39 is 28.9 Å². The molecule has 1 aliphatic heterocycles. The van der Waals surface area contributed by atoms with Gasteiger partial charge in [0.2, 0.25) is 0 Å². The van der Waals surface area contributed by atoms with Gasteiger partial charge >= 0.3 is 18.0 Å². The van der Waals surface area contributed by atoms with Gasteiger partial charge in [-0.25, -0.2) is 4.79 Å². The Hall–Kier alpha value is -2.57. The average molecular weight is 361 g/mol. The van der Waals surface area contributed by atoms with Gasteiger partial charge in [0.15, 0.2) is 0 Å². The first kappa shape index (κ1) is 18.2. The van der Waals surface area contributed by atoms with Gasteiger partial charge in [-0.05, 0) is 24.8 Å². The molecule has 0 aromatic heterocycles. The van der Waals surface area contributed by atoms with E-state index >= 15 is 0 Å². The molecule has 1 aliphatic carbocycles. The minimum absolute atomic E-state index is 0.132. The number of esters is 2. The van der Waals surface area contributed by atoms with E-state index in [-0.39, 0.29) is 19.7 Å². The number of rotatable bonds is 4. The van der Waals surface area contributed by atoms with Gasteiger partial charge in [-0.3, -0.25) is 9.59 Å². The molecule has 1 amide bonds. The van der Waals surface area contributed by atoms with E-state index in [9.17, 15) is 14.4 Å². The molecule has 2 atom stereocenters. The molecule has 140 valence electrons. The van der Waals surface area contributed by atoms with Crippen LogP contribution in [0, 0.1) is 10.8 Å². The van der Waals surface area contributed by atoms with Crippen molar-refractivity contribution in [3.05, 3.63) is 35.9 Å². The molecule has 1 saturated carbocycles. The SMILES string of the molecule is COC(=O)C12CCC(C(=O)OC)(CN(C(=O)OCc3ccccc3)C1)C2. The van der Waals surface area contributed by atoms with E-state index in [1.54, 1.807) is 0 Å². The third-order valence-corrected chi connectivity index (χ3v) is 5.45. The zero-order valence-electron chi connectivity index (χ0n) is 15.0. The number of ether oxygens (including phenoxy) is 3. The fraction of sp³-hybridized carbons (Fsp3) is 0.526. The second-order valence-corrected chi connectivity index (χ2v) is 7.12. The molecule has 1 saturated heterocycles. The highest BCUT2D eigenvalue weighted by Gasteiger charge is 2.62. The van der Waals surface area contributed by atoms with Crippen molar-refractivity contribution in [2.24, 2.45) is 10.8 Å². The third kappa shape index (κ3) is 3.13. The molecule has 2 unspecified atom stereocenters. The maximum Gasteiger partial charge on any atom is 0.410 e. The summed E-state index contributed by atoms with van der Waals surface area (Å²) in [5.41, 5.74) is -0.897. The zero-order chi connectivity index (χ0) is 18.8. The van der Waals surface area contributed by atoms with Gasteiger partial charge in [0.1, 0.15) is 6.61 Å². The first-order chi connectivity index (χ1) is 12.4. The maximum atomic E-state index is 12.6. The largest absolute Gasteiger partial charge is 0.469 e. The highest BCUT2D eigenvalue weighted by atomic mass is 16.6. The number of hydrogen-bond donors (Lipinski definition) is 0. The second kappa shape index (κ2) is 6.97. The number of piperidine rings is 1. The number of amides is 1. The molecule has 0 radical (unpaired) electrons. The van der Waals surface area contributed by atoms with Crippen LogP contribution in [0.1, 0.15) is 24.8 Å². The van der Waals surface area contributed by atoms with Crippen LogP contribution in [-0.2, 0) is 30.4 Å². The first-order valence-corrected chi connectivity index (χ1v) is 8.57. The van der Waals surface area contributed by atoms with Crippen LogP contribution in [0.25, 0.3) is 0 Å². The quantitative estimate of drug-likeness (QED) is 0.604. The fourth-order valence-corrected chi connectivity index (χ4v) is 4.21. The number of likely N-dealkylation sites (tertiary alicyclic amines) is 1. The number of benzene rings is 1. The number of nitrogens with zero attached hydrogens (tertiary/aromatic N) is 1. The summed E-state index contributed by atoms with van der Waals surface area (Å²) in [5.74, 6) is -0.798. The second-order valence-electron chi connectivity index (χ2n) is 7.12. The molecule has 2 bridgehead atoms. The number of carbonyl (C=O) groups is 3.